The Kier molecular flexibility index (Phi) is 12.6. The van der Waals surface area contributed by atoms with Gasteiger partial charge < -0.3 is 15.4 Å². The molecule has 0 aliphatic carbocycles. The van der Waals surface area contributed by atoms with Gasteiger partial charge in [-0.2, -0.15) is 0 Å². The molecule has 0 spiro atoms. The van der Waals surface area contributed by atoms with Crippen LogP contribution in [0.1, 0.15) is 36.7 Å². The first kappa shape index (κ1) is 42.6. The SMILES string of the molecule is COc1cc(C)cc(S(=O)(=O)c2ccc(CNC(=O)c3cnc4nccn4c3)cc2)c1.O=C(NCc1ccc(S(=O)(=O)c2cc(F)ccc2Cl)cc1)c1cc2ccncc2s1. The molecule has 0 atom stereocenters. The number of nitrogens with zero attached hydrogens (tertiary/aromatic N) is 4. The molecule has 310 valence electrons. The Morgan fingerprint density at radius 2 is 1.44 bits per heavy atom. The van der Waals surface area contributed by atoms with Gasteiger partial charge in [-0.1, -0.05) is 35.9 Å². The summed E-state index contributed by atoms with van der Waals surface area (Å²) in [6.45, 7) is 2.29. The first-order valence-corrected chi connectivity index (χ1v) is 22.3. The minimum atomic E-state index is -3.96. The molecule has 0 fully saturated rings. The van der Waals surface area contributed by atoms with E-state index in [0.29, 0.717) is 22.0 Å². The maximum Gasteiger partial charge on any atom is 0.261 e. The van der Waals surface area contributed by atoms with Crippen LogP contribution in [0.4, 0.5) is 4.39 Å². The molecule has 18 heteroatoms. The average Bonchev–Trinajstić information content (AvgIpc) is 3.93. The van der Waals surface area contributed by atoms with Gasteiger partial charge in [0, 0.05) is 50.3 Å². The van der Waals surface area contributed by atoms with Crippen LogP contribution in [0.5, 0.6) is 5.75 Å². The first-order chi connectivity index (χ1) is 29.2. The molecule has 0 saturated heterocycles. The molecule has 4 aromatic carbocycles. The highest BCUT2D eigenvalue weighted by Crippen LogP contribution is 2.29. The average molecular weight is 897 g/mol. The lowest BCUT2D eigenvalue weighted by molar-refractivity contribution is 0.0944. The summed E-state index contributed by atoms with van der Waals surface area (Å²) >= 11 is 7.29. The number of hydrogen-bond donors (Lipinski definition) is 2. The highest BCUT2D eigenvalue weighted by Gasteiger charge is 2.22. The Morgan fingerprint density at radius 1 is 0.770 bits per heavy atom. The van der Waals surface area contributed by atoms with Gasteiger partial charge in [0.2, 0.25) is 25.5 Å². The van der Waals surface area contributed by atoms with E-state index in [4.69, 9.17) is 16.3 Å². The summed E-state index contributed by atoms with van der Waals surface area (Å²) in [7, 11) is -6.15. The number of sulfone groups is 2. The molecule has 61 heavy (non-hydrogen) atoms. The lowest BCUT2D eigenvalue weighted by Crippen LogP contribution is -2.23. The highest BCUT2D eigenvalue weighted by atomic mass is 35.5. The van der Waals surface area contributed by atoms with E-state index < -0.39 is 25.5 Å². The van der Waals surface area contributed by atoms with Gasteiger partial charge in [-0.15, -0.1) is 11.3 Å². The molecular formula is C43H34ClFN6O7S3. The highest BCUT2D eigenvalue weighted by molar-refractivity contribution is 7.91. The first-order valence-electron chi connectivity index (χ1n) is 18.2. The summed E-state index contributed by atoms with van der Waals surface area (Å²) in [6, 6.07) is 24.1. The second-order valence-corrected chi connectivity index (χ2v) is 18.8. The molecule has 0 unspecified atom stereocenters. The van der Waals surface area contributed by atoms with Crippen molar-refractivity contribution in [2.24, 2.45) is 0 Å². The summed E-state index contributed by atoms with van der Waals surface area (Å²) < 4.78 is 72.6. The normalized spacial score (nSPS) is 11.5. The third kappa shape index (κ3) is 9.76. The maximum atomic E-state index is 13.5. The number of fused-ring (bicyclic) bond motifs is 2. The zero-order valence-electron chi connectivity index (χ0n) is 32.2. The molecule has 8 rings (SSSR count). The lowest BCUT2D eigenvalue weighted by atomic mass is 10.2. The van der Waals surface area contributed by atoms with Crippen LogP contribution in [0.2, 0.25) is 5.02 Å². The summed E-state index contributed by atoms with van der Waals surface area (Å²) in [5.74, 6) is -0.193. The molecule has 0 bridgehead atoms. The molecule has 2 amide bonds. The molecule has 13 nitrogen and oxygen atoms in total. The number of carbonyl (C=O) groups excluding carboxylic acids is 2. The van der Waals surface area contributed by atoms with E-state index in [9.17, 15) is 30.8 Å². The van der Waals surface area contributed by atoms with Crippen LogP contribution in [0.3, 0.4) is 0 Å². The number of aromatic nitrogens is 4. The number of nitrogens with one attached hydrogen (secondary N) is 2. The number of ether oxygens (including phenoxy) is 1. The number of rotatable bonds is 11. The maximum absolute atomic E-state index is 13.5. The second-order valence-electron chi connectivity index (χ2n) is 13.4. The van der Waals surface area contributed by atoms with Crippen molar-refractivity contribution < 1.29 is 35.6 Å². The predicted octanol–water partition coefficient (Wildman–Crippen LogP) is 7.66. The van der Waals surface area contributed by atoms with Crippen molar-refractivity contribution in [1.82, 2.24) is 30.0 Å². The minimum absolute atomic E-state index is 0.0120. The van der Waals surface area contributed by atoms with Crippen molar-refractivity contribution in [3.8, 4) is 5.75 Å². The van der Waals surface area contributed by atoms with E-state index >= 15 is 0 Å². The number of benzene rings is 4. The van der Waals surface area contributed by atoms with E-state index in [-0.39, 0.29) is 49.5 Å². The van der Waals surface area contributed by atoms with E-state index in [1.54, 1.807) is 77.8 Å². The number of methoxy groups -OCH3 is 1. The summed E-state index contributed by atoms with van der Waals surface area (Å²) in [5, 5.41) is 6.52. The number of aryl methyl sites for hydroxylation is 1. The molecule has 4 heterocycles. The molecule has 8 aromatic rings. The number of amides is 2. The number of halogens is 2. The van der Waals surface area contributed by atoms with Gasteiger partial charge >= 0.3 is 0 Å². The van der Waals surface area contributed by atoms with Gasteiger partial charge in [-0.05, 0) is 102 Å². The Morgan fingerprint density at radius 3 is 2.11 bits per heavy atom. The zero-order valence-corrected chi connectivity index (χ0v) is 35.4. The minimum Gasteiger partial charge on any atom is -0.497 e. The predicted molar refractivity (Wildman–Crippen MR) is 228 cm³/mol. The molecule has 2 N–H and O–H groups in total. The van der Waals surface area contributed by atoms with Gasteiger partial charge in [-0.3, -0.25) is 19.0 Å². The topological polar surface area (TPSA) is 179 Å². The van der Waals surface area contributed by atoms with Crippen LogP contribution >= 0.6 is 22.9 Å². The number of thiophene rings is 1. The summed E-state index contributed by atoms with van der Waals surface area (Å²) in [4.78, 5) is 37.6. The van der Waals surface area contributed by atoms with Crippen LogP contribution in [0, 0.1) is 12.7 Å². The van der Waals surface area contributed by atoms with Crippen molar-refractivity contribution in [3.05, 3.63) is 172 Å². The van der Waals surface area contributed by atoms with Gasteiger partial charge in [0.05, 0.1) is 46.9 Å². The number of hydrogen-bond acceptors (Lipinski definition) is 11. The van der Waals surface area contributed by atoms with Gasteiger partial charge in [0.1, 0.15) is 11.6 Å². The van der Waals surface area contributed by atoms with E-state index in [0.717, 1.165) is 38.9 Å². The van der Waals surface area contributed by atoms with Crippen molar-refractivity contribution in [1.29, 1.82) is 0 Å². The zero-order chi connectivity index (χ0) is 43.3. The van der Waals surface area contributed by atoms with Crippen LogP contribution in [0.15, 0.2) is 154 Å². The molecule has 0 radical (unpaired) electrons. The van der Waals surface area contributed by atoms with Gasteiger partial charge in [0.25, 0.3) is 11.8 Å². The van der Waals surface area contributed by atoms with Gasteiger partial charge in [0.15, 0.2) is 0 Å². The van der Waals surface area contributed by atoms with Crippen LogP contribution in [-0.4, -0.2) is 55.1 Å². The van der Waals surface area contributed by atoms with Crippen LogP contribution < -0.4 is 15.4 Å². The van der Waals surface area contributed by atoms with Gasteiger partial charge in [-0.25, -0.2) is 31.2 Å². The van der Waals surface area contributed by atoms with E-state index in [1.807, 2.05) is 13.0 Å². The number of carbonyl (C=O) groups is 2. The van der Waals surface area contributed by atoms with Crippen molar-refractivity contribution in [2.75, 3.05) is 7.11 Å². The molecule has 0 aliphatic rings. The van der Waals surface area contributed by atoms with E-state index in [1.165, 1.54) is 61.0 Å². The van der Waals surface area contributed by atoms with E-state index in [2.05, 4.69) is 25.6 Å². The Bertz CT molecular complexity index is 3110. The molecular weight excluding hydrogens is 863 g/mol. The number of pyridine rings is 1. The standard InChI is InChI=1S/C22H20N4O4S.C21H14ClFN2O3S2/c1-15-9-18(30-2)11-20(10-15)31(28,29)19-5-3-16(4-6-19)12-24-21(27)17-13-25-22-23-7-8-26(22)14-17;22-17-6-3-15(23)10-20(17)30(27,28)16-4-1-13(2-5-16)11-25-21(26)18-9-14-7-8-24-12-19(14)29-18/h3-11,13-14H,12H2,1-2H3,(H,24,27);1-10,12H,11H2,(H,25,26). The third-order valence-electron chi connectivity index (χ3n) is 9.18. The Labute approximate surface area is 358 Å². The second kappa shape index (κ2) is 18.0. The van der Waals surface area contributed by atoms with Crippen LogP contribution in [-0.2, 0) is 32.8 Å². The fourth-order valence-corrected chi connectivity index (χ4v) is 10.1. The van der Waals surface area contributed by atoms with Crippen molar-refractivity contribution in [2.45, 2.75) is 39.6 Å². The molecule has 0 saturated carbocycles. The third-order valence-corrected chi connectivity index (χ3v) is 14.3. The molecule has 0 aliphatic heterocycles. The Balaban J connectivity index is 0.000000184. The fourth-order valence-electron chi connectivity index (χ4n) is 5.99. The lowest BCUT2D eigenvalue weighted by Gasteiger charge is -2.10. The summed E-state index contributed by atoms with van der Waals surface area (Å²) in [6.07, 6.45) is 9.80. The van der Waals surface area contributed by atoms with Crippen molar-refractivity contribution >= 4 is 70.3 Å². The fraction of sp³-hybridized carbons (Fsp3) is 0.0930. The Hall–Kier alpha value is -6.53. The quantitative estimate of drug-likeness (QED) is 0.131. The largest absolute Gasteiger partial charge is 0.497 e. The number of imidazole rings is 1. The smallest absolute Gasteiger partial charge is 0.261 e. The van der Waals surface area contributed by atoms with Crippen molar-refractivity contribution in [3.63, 3.8) is 0 Å². The molecule has 4 aromatic heterocycles. The summed E-state index contributed by atoms with van der Waals surface area (Å²) in [5.41, 5.74) is 2.68. The monoisotopic (exact) mass is 896 g/mol. The van der Waals surface area contributed by atoms with Crippen LogP contribution in [0.25, 0.3) is 15.9 Å².